The lowest BCUT2D eigenvalue weighted by atomic mass is 10.1. The van der Waals surface area contributed by atoms with Crippen molar-refractivity contribution < 1.29 is 17.9 Å². The second-order valence-corrected chi connectivity index (χ2v) is 8.12. The standard InChI is InChI=1S/C17H19Cl2NO4S/c1-20(25(21,22)16-6-4-5-13(18)17(16)19)10-9-12-7-8-14(23-2)15(11-12)24-3/h4-8,11H,9-10H2,1-3H3. The fourth-order valence-corrected chi connectivity index (χ4v) is 4.20. The SMILES string of the molecule is COc1ccc(CCN(C)S(=O)(=O)c2cccc(Cl)c2Cl)cc1OC. The Labute approximate surface area is 158 Å². The molecule has 0 aromatic heterocycles. The molecule has 5 nitrogen and oxygen atoms in total. The van der Waals surface area contributed by atoms with Gasteiger partial charge in [0.05, 0.1) is 24.3 Å². The van der Waals surface area contributed by atoms with Gasteiger partial charge in [0.1, 0.15) is 4.90 Å². The number of methoxy groups -OCH3 is 2. The van der Waals surface area contributed by atoms with Gasteiger partial charge >= 0.3 is 0 Å². The van der Waals surface area contributed by atoms with Crippen LogP contribution in [0.3, 0.4) is 0 Å². The van der Waals surface area contributed by atoms with Gasteiger partial charge in [-0.3, -0.25) is 0 Å². The number of ether oxygens (including phenoxy) is 2. The van der Waals surface area contributed by atoms with E-state index in [1.807, 2.05) is 12.1 Å². The molecule has 0 amide bonds. The van der Waals surface area contributed by atoms with Gasteiger partial charge in [-0.15, -0.1) is 0 Å². The van der Waals surface area contributed by atoms with Crippen molar-refractivity contribution in [1.29, 1.82) is 0 Å². The first-order valence-corrected chi connectivity index (χ1v) is 9.62. The van der Waals surface area contributed by atoms with Crippen molar-refractivity contribution in [2.24, 2.45) is 0 Å². The van der Waals surface area contributed by atoms with E-state index in [0.29, 0.717) is 17.9 Å². The molecular weight excluding hydrogens is 385 g/mol. The van der Waals surface area contributed by atoms with E-state index < -0.39 is 10.0 Å². The fourth-order valence-electron chi connectivity index (χ4n) is 2.29. The highest BCUT2D eigenvalue weighted by molar-refractivity contribution is 7.89. The minimum absolute atomic E-state index is 0.00326. The van der Waals surface area contributed by atoms with Gasteiger partial charge in [-0.2, -0.15) is 0 Å². The van der Waals surface area contributed by atoms with Gasteiger partial charge in [0.2, 0.25) is 10.0 Å². The highest BCUT2D eigenvalue weighted by atomic mass is 35.5. The molecule has 0 bridgehead atoms. The van der Waals surface area contributed by atoms with Crippen LogP contribution >= 0.6 is 23.2 Å². The Hall–Kier alpha value is -1.47. The van der Waals surface area contributed by atoms with Crippen molar-refractivity contribution in [3.63, 3.8) is 0 Å². The molecule has 0 N–H and O–H groups in total. The van der Waals surface area contributed by atoms with Crippen molar-refractivity contribution in [1.82, 2.24) is 4.31 Å². The molecule has 0 spiro atoms. The minimum atomic E-state index is -3.73. The molecule has 2 rings (SSSR count). The molecule has 25 heavy (non-hydrogen) atoms. The monoisotopic (exact) mass is 403 g/mol. The first-order valence-electron chi connectivity index (χ1n) is 7.42. The number of sulfonamides is 1. The average Bonchev–Trinajstić information content (AvgIpc) is 2.61. The Morgan fingerprint density at radius 2 is 1.72 bits per heavy atom. The Morgan fingerprint density at radius 1 is 1.04 bits per heavy atom. The zero-order valence-electron chi connectivity index (χ0n) is 14.1. The lowest BCUT2D eigenvalue weighted by Gasteiger charge is -2.18. The van der Waals surface area contributed by atoms with Crippen molar-refractivity contribution in [3.8, 4) is 11.5 Å². The van der Waals surface area contributed by atoms with E-state index in [1.54, 1.807) is 32.4 Å². The quantitative estimate of drug-likeness (QED) is 0.703. The van der Waals surface area contributed by atoms with Gasteiger partial charge in [-0.1, -0.05) is 35.3 Å². The molecule has 0 aliphatic carbocycles. The van der Waals surface area contributed by atoms with Gasteiger partial charge in [-0.25, -0.2) is 12.7 Å². The summed E-state index contributed by atoms with van der Waals surface area (Å²) in [4.78, 5) is -0.00326. The van der Waals surface area contributed by atoms with E-state index in [0.717, 1.165) is 5.56 Å². The van der Waals surface area contributed by atoms with Crippen LogP contribution in [0.2, 0.25) is 10.0 Å². The molecule has 0 fully saturated rings. The van der Waals surface area contributed by atoms with E-state index in [1.165, 1.54) is 17.4 Å². The molecule has 0 aliphatic heterocycles. The summed E-state index contributed by atoms with van der Waals surface area (Å²) in [5.41, 5.74) is 0.928. The zero-order chi connectivity index (χ0) is 18.6. The number of likely N-dealkylation sites (N-methyl/N-ethyl adjacent to an activating group) is 1. The molecule has 0 aliphatic rings. The Balaban J connectivity index is 2.16. The van der Waals surface area contributed by atoms with Gasteiger partial charge < -0.3 is 9.47 Å². The maximum absolute atomic E-state index is 12.7. The predicted octanol–water partition coefficient (Wildman–Crippen LogP) is 3.87. The highest BCUT2D eigenvalue weighted by Crippen LogP contribution is 2.31. The smallest absolute Gasteiger partial charge is 0.244 e. The summed E-state index contributed by atoms with van der Waals surface area (Å²) in [6.45, 7) is 0.278. The largest absolute Gasteiger partial charge is 0.493 e. The molecule has 8 heteroatoms. The number of nitrogens with zero attached hydrogens (tertiary/aromatic N) is 1. The average molecular weight is 404 g/mol. The fraction of sp³-hybridized carbons (Fsp3) is 0.294. The highest BCUT2D eigenvalue weighted by Gasteiger charge is 2.24. The normalized spacial score (nSPS) is 11.6. The Morgan fingerprint density at radius 3 is 2.36 bits per heavy atom. The number of hydrogen-bond donors (Lipinski definition) is 0. The van der Waals surface area contributed by atoms with Crippen LogP contribution in [0.1, 0.15) is 5.56 Å². The molecule has 2 aromatic carbocycles. The second kappa shape index (κ2) is 8.27. The third kappa shape index (κ3) is 4.39. The maximum Gasteiger partial charge on any atom is 0.244 e. The number of benzene rings is 2. The second-order valence-electron chi connectivity index (χ2n) is 5.32. The van der Waals surface area contributed by atoms with Crippen molar-refractivity contribution in [2.45, 2.75) is 11.3 Å². The first kappa shape index (κ1) is 19.8. The van der Waals surface area contributed by atoms with Crippen molar-refractivity contribution in [2.75, 3.05) is 27.8 Å². The predicted molar refractivity (Wildman–Crippen MR) is 99.5 cm³/mol. The Bertz CT molecular complexity index is 856. The lowest BCUT2D eigenvalue weighted by Crippen LogP contribution is -2.29. The summed E-state index contributed by atoms with van der Waals surface area (Å²) in [5.74, 6) is 1.22. The first-order chi connectivity index (χ1) is 11.8. The molecule has 2 aromatic rings. The van der Waals surface area contributed by atoms with Crippen LogP contribution in [0.25, 0.3) is 0 Å². The summed E-state index contributed by atoms with van der Waals surface area (Å²) in [5, 5.41) is 0.234. The van der Waals surface area contributed by atoms with Gasteiger partial charge in [0.25, 0.3) is 0 Å². The maximum atomic E-state index is 12.7. The lowest BCUT2D eigenvalue weighted by molar-refractivity contribution is 0.354. The van der Waals surface area contributed by atoms with Crippen LogP contribution in [0.5, 0.6) is 11.5 Å². The zero-order valence-corrected chi connectivity index (χ0v) is 16.5. The Kier molecular flexibility index (Phi) is 6.57. The van der Waals surface area contributed by atoms with Gasteiger partial charge in [0, 0.05) is 13.6 Å². The molecule has 0 unspecified atom stereocenters. The third-order valence-electron chi connectivity index (χ3n) is 3.77. The van der Waals surface area contributed by atoms with E-state index in [-0.39, 0.29) is 21.5 Å². The molecule has 0 saturated carbocycles. The minimum Gasteiger partial charge on any atom is -0.493 e. The van der Waals surface area contributed by atoms with Crippen LogP contribution in [-0.4, -0.2) is 40.5 Å². The number of halogens is 2. The summed E-state index contributed by atoms with van der Waals surface area (Å²) in [6.07, 6.45) is 0.508. The van der Waals surface area contributed by atoms with Crippen LogP contribution in [0.4, 0.5) is 0 Å². The van der Waals surface area contributed by atoms with E-state index >= 15 is 0 Å². The molecular formula is C17H19Cl2NO4S. The summed E-state index contributed by atoms with van der Waals surface area (Å²) in [6, 6.07) is 10.0. The molecule has 0 radical (unpaired) electrons. The molecule has 0 heterocycles. The van der Waals surface area contributed by atoms with Crippen LogP contribution in [0.15, 0.2) is 41.3 Å². The summed E-state index contributed by atoms with van der Waals surface area (Å²) < 4.78 is 37.1. The van der Waals surface area contributed by atoms with Gasteiger partial charge in [0.15, 0.2) is 11.5 Å². The van der Waals surface area contributed by atoms with E-state index in [2.05, 4.69) is 0 Å². The molecule has 136 valence electrons. The van der Waals surface area contributed by atoms with Crippen molar-refractivity contribution >= 4 is 33.2 Å². The van der Waals surface area contributed by atoms with Crippen LogP contribution < -0.4 is 9.47 Å². The third-order valence-corrected chi connectivity index (χ3v) is 6.60. The van der Waals surface area contributed by atoms with Gasteiger partial charge in [-0.05, 0) is 36.2 Å². The van der Waals surface area contributed by atoms with Crippen LogP contribution in [-0.2, 0) is 16.4 Å². The van der Waals surface area contributed by atoms with Crippen LogP contribution in [0, 0.1) is 0 Å². The van der Waals surface area contributed by atoms with Crippen molar-refractivity contribution in [3.05, 3.63) is 52.0 Å². The number of rotatable bonds is 7. The summed E-state index contributed by atoms with van der Waals surface area (Å²) >= 11 is 12.0. The van der Waals surface area contributed by atoms with E-state index in [4.69, 9.17) is 32.7 Å². The van der Waals surface area contributed by atoms with E-state index in [9.17, 15) is 8.42 Å². The molecule has 0 atom stereocenters. The number of hydrogen-bond acceptors (Lipinski definition) is 4. The topological polar surface area (TPSA) is 55.8 Å². The summed E-state index contributed by atoms with van der Waals surface area (Å²) in [7, 11) is 0.894. The molecule has 0 saturated heterocycles.